The summed E-state index contributed by atoms with van der Waals surface area (Å²) in [6.07, 6.45) is 0. The molecule has 11 rings (SSSR count). The van der Waals surface area contributed by atoms with Crippen LogP contribution in [0.25, 0.3) is 103 Å². The highest BCUT2D eigenvalue weighted by molar-refractivity contribution is 6.13. The average molecular weight is 700 g/mol. The molecule has 5 heteroatoms. The lowest BCUT2D eigenvalue weighted by atomic mass is 10.00. The van der Waals surface area contributed by atoms with Crippen molar-refractivity contribution in [3.05, 3.63) is 199 Å². The second-order valence-electron chi connectivity index (χ2n) is 13.9. The van der Waals surface area contributed by atoms with Crippen LogP contribution in [0.5, 0.6) is 0 Å². The van der Waals surface area contributed by atoms with Crippen molar-refractivity contribution in [1.29, 1.82) is 0 Å². The predicted molar refractivity (Wildman–Crippen MR) is 227 cm³/mol. The van der Waals surface area contributed by atoms with Crippen molar-refractivity contribution in [2.75, 3.05) is 0 Å². The number of hydrogen-bond acceptors (Lipinski definition) is 0. The zero-order valence-electron chi connectivity index (χ0n) is 29.5. The molecule has 55 heavy (non-hydrogen) atoms. The SMILES string of the molecule is [C-]#[N+]c1ccc(-c2ccccc2-n2c3ccccc3c3ccc(-n4c5ccccc5c5ccccc54)cc32)c(-n2c3ccccc3c3ccc([N+]#[C-])cc32)c1. The van der Waals surface area contributed by atoms with Crippen molar-refractivity contribution in [2.24, 2.45) is 0 Å². The van der Waals surface area contributed by atoms with Gasteiger partial charge in [0.2, 0.25) is 0 Å². The van der Waals surface area contributed by atoms with Crippen LogP contribution in [0.3, 0.4) is 0 Å². The fourth-order valence-electron chi connectivity index (χ4n) is 8.75. The van der Waals surface area contributed by atoms with Crippen molar-refractivity contribution in [2.45, 2.75) is 0 Å². The van der Waals surface area contributed by atoms with Crippen molar-refractivity contribution in [1.82, 2.24) is 13.7 Å². The third kappa shape index (κ3) is 4.45. The average Bonchev–Trinajstić information content (AvgIpc) is 3.88. The van der Waals surface area contributed by atoms with Crippen LogP contribution in [0.2, 0.25) is 0 Å². The molecule has 0 aliphatic rings. The van der Waals surface area contributed by atoms with Gasteiger partial charge in [0.1, 0.15) is 0 Å². The summed E-state index contributed by atoms with van der Waals surface area (Å²) in [4.78, 5) is 7.67. The molecule has 0 atom stereocenters. The predicted octanol–water partition coefficient (Wildman–Crippen LogP) is 13.7. The number of hydrogen-bond donors (Lipinski definition) is 0. The molecule has 5 nitrogen and oxygen atoms in total. The van der Waals surface area contributed by atoms with Crippen LogP contribution in [0.4, 0.5) is 11.4 Å². The molecule has 0 aliphatic carbocycles. The van der Waals surface area contributed by atoms with Gasteiger partial charge in [0, 0.05) is 60.3 Å². The van der Waals surface area contributed by atoms with E-state index >= 15 is 0 Å². The molecule has 0 saturated carbocycles. The highest BCUT2D eigenvalue weighted by Gasteiger charge is 2.21. The van der Waals surface area contributed by atoms with Crippen LogP contribution in [-0.2, 0) is 0 Å². The van der Waals surface area contributed by atoms with Gasteiger partial charge in [0.25, 0.3) is 0 Å². The molecule has 3 aromatic heterocycles. The number of aromatic nitrogens is 3. The smallest absolute Gasteiger partial charge is 0.189 e. The van der Waals surface area contributed by atoms with E-state index in [1.165, 1.54) is 32.6 Å². The lowest BCUT2D eigenvalue weighted by Gasteiger charge is -2.19. The Balaban J connectivity index is 1.22. The quantitative estimate of drug-likeness (QED) is 0.163. The van der Waals surface area contributed by atoms with E-state index in [-0.39, 0.29) is 0 Å². The second-order valence-corrected chi connectivity index (χ2v) is 13.9. The number of benzene rings is 8. The topological polar surface area (TPSA) is 23.5 Å². The summed E-state index contributed by atoms with van der Waals surface area (Å²) in [6.45, 7) is 15.8. The molecule has 0 spiro atoms. The number of para-hydroxylation sites is 5. The fourth-order valence-corrected chi connectivity index (χ4v) is 8.75. The Morgan fingerprint density at radius 3 is 1.33 bits per heavy atom. The normalized spacial score (nSPS) is 11.6. The van der Waals surface area contributed by atoms with Gasteiger partial charge in [-0.05, 0) is 54.6 Å². The maximum absolute atomic E-state index is 8.02. The molecule has 8 aromatic carbocycles. The van der Waals surface area contributed by atoms with Crippen LogP contribution in [-0.4, -0.2) is 13.7 Å². The lowest BCUT2D eigenvalue weighted by molar-refractivity contribution is 1.15. The molecule has 0 unspecified atom stereocenters. The summed E-state index contributed by atoms with van der Waals surface area (Å²) < 4.78 is 7.00. The molecule has 11 aromatic rings. The Morgan fingerprint density at radius 1 is 0.309 bits per heavy atom. The minimum Gasteiger partial charge on any atom is -0.311 e. The summed E-state index contributed by atoms with van der Waals surface area (Å²) >= 11 is 0. The summed E-state index contributed by atoms with van der Waals surface area (Å²) in [6, 6.07) is 61.5. The molecule has 0 bridgehead atoms. The van der Waals surface area contributed by atoms with Crippen molar-refractivity contribution < 1.29 is 0 Å². The van der Waals surface area contributed by atoms with Gasteiger partial charge in [0.15, 0.2) is 11.4 Å². The summed E-state index contributed by atoms with van der Waals surface area (Å²) in [5.41, 5.74) is 12.7. The highest BCUT2D eigenvalue weighted by atomic mass is 15.0. The third-order valence-corrected chi connectivity index (χ3v) is 11.1. The monoisotopic (exact) mass is 699 g/mol. The molecule has 0 radical (unpaired) electrons. The Hall–Kier alpha value is -7.86. The van der Waals surface area contributed by atoms with Gasteiger partial charge in [-0.3, -0.25) is 0 Å². The lowest BCUT2D eigenvalue weighted by Crippen LogP contribution is -2.02. The first-order chi connectivity index (χ1) is 27.2. The van der Waals surface area contributed by atoms with Crippen LogP contribution >= 0.6 is 0 Å². The first-order valence-electron chi connectivity index (χ1n) is 18.3. The third-order valence-electron chi connectivity index (χ3n) is 11.1. The first-order valence-corrected chi connectivity index (χ1v) is 18.3. The van der Waals surface area contributed by atoms with Crippen LogP contribution < -0.4 is 0 Å². The molecule has 3 heterocycles. The van der Waals surface area contributed by atoms with Gasteiger partial charge in [-0.1, -0.05) is 121 Å². The van der Waals surface area contributed by atoms with Gasteiger partial charge in [0.05, 0.1) is 46.4 Å². The Labute approximate surface area is 316 Å². The number of nitrogens with zero attached hydrogens (tertiary/aromatic N) is 5. The van der Waals surface area contributed by atoms with E-state index in [0.29, 0.717) is 11.4 Å². The van der Waals surface area contributed by atoms with Crippen LogP contribution in [0.1, 0.15) is 0 Å². The summed E-state index contributed by atoms with van der Waals surface area (Å²) in [5, 5.41) is 6.98. The fraction of sp³-hybridized carbons (Fsp3) is 0. The minimum absolute atomic E-state index is 0.552. The van der Waals surface area contributed by atoms with Gasteiger partial charge in [-0.25, -0.2) is 9.69 Å². The highest BCUT2D eigenvalue weighted by Crippen LogP contribution is 2.43. The van der Waals surface area contributed by atoms with E-state index < -0.39 is 0 Å². The van der Waals surface area contributed by atoms with Crippen molar-refractivity contribution in [3.8, 4) is 28.2 Å². The summed E-state index contributed by atoms with van der Waals surface area (Å²) in [5.74, 6) is 0. The van der Waals surface area contributed by atoms with E-state index in [2.05, 4.69) is 163 Å². The zero-order chi connectivity index (χ0) is 36.6. The molecule has 0 fully saturated rings. The number of fused-ring (bicyclic) bond motifs is 9. The maximum Gasteiger partial charge on any atom is 0.189 e. The molecule has 0 saturated heterocycles. The van der Waals surface area contributed by atoms with E-state index in [1.807, 2.05) is 36.4 Å². The standard InChI is InChI=1S/C50H29N5/c1-51-32-23-26-40(48(29-32)55-47-22-12-7-16-38(47)41-27-24-33(52-2)30-49(41)55)37-15-5-10-20-45(37)54-46-21-11-6-17-39(46)42-28-25-34(31-50(42)54)53-43-18-8-3-13-35(43)36-14-4-9-19-44(36)53/h3-31H. The first kappa shape index (κ1) is 30.7. The van der Waals surface area contributed by atoms with E-state index in [4.69, 9.17) is 13.1 Å². The molecular formula is C50H29N5. The Bertz CT molecular complexity index is 3420. The number of rotatable bonds is 4. The molecule has 0 aliphatic heterocycles. The summed E-state index contributed by atoms with van der Waals surface area (Å²) in [7, 11) is 0. The largest absolute Gasteiger partial charge is 0.311 e. The van der Waals surface area contributed by atoms with E-state index in [0.717, 1.165) is 61.0 Å². The van der Waals surface area contributed by atoms with Gasteiger partial charge < -0.3 is 13.7 Å². The second kappa shape index (κ2) is 11.8. The molecule has 254 valence electrons. The Kier molecular flexibility index (Phi) is 6.61. The molecular weight excluding hydrogens is 671 g/mol. The van der Waals surface area contributed by atoms with Crippen LogP contribution in [0.15, 0.2) is 176 Å². The van der Waals surface area contributed by atoms with Gasteiger partial charge in [-0.15, -0.1) is 0 Å². The van der Waals surface area contributed by atoms with Crippen molar-refractivity contribution in [3.63, 3.8) is 0 Å². The van der Waals surface area contributed by atoms with Crippen molar-refractivity contribution >= 4 is 76.8 Å². The van der Waals surface area contributed by atoms with Gasteiger partial charge in [-0.2, -0.15) is 0 Å². The zero-order valence-corrected chi connectivity index (χ0v) is 29.5. The van der Waals surface area contributed by atoms with Gasteiger partial charge >= 0.3 is 0 Å². The van der Waals surface area contributed by atoms with Crippen LogP contribution in [0, 0.1) is 13.1 Å². The van der Waals surface area contributed by atoms with E-state index in [9.17, 15) is 0 Å². The van der Waals surface area contributed by atoms with E-state index in [1.54, 1.807) is 0 Å². The molecule has 0 N–H and O–H groups in total. The Morgan fingerprint density at radius 2 is 0.727 bits per heavy atom. The minimum atomic E-state index is 0.552. The molecule has 0 amide bonds. The maximum atomic E-state index is 8.02.